The average molecular weight is 288 g/mol. The minimum absolute atomic E-state index is 0.0750. The van der Waals surface area contributed by atoms with Gasteiger partial charge in [-0.05, 0) is 25.1 Å². The summed E-state index contributed by atoms with van der Waals surface area (Å²) in [4.78, 5) is 18.0. The second kappa shape index (κ2) is 5.25. The molecule has 1 saturated heterocycles. The van der Waals surface area contributed by atoms with Gasteiger partial charge in [0.05, 0.1) is 10.9 Å². The van der Waals surface area contributed by atoms with E-state index in [0.717, 1.165) is 5.56 Å². The van der Waals surface area contributed by atoms with Crippen molar-refractivity contribution in [2.45, 2.75) is 17.5 Å². The maximum absolute atomic E-state index is 14.0. The van der Waals surface area contributed by atoms with Crippen molar-refractivity contribution in [1.82, 2.24) is 4.98 Å². The Kier molecular flexibility index (Phi) is 3.44. The van der Waals surface area contributed by atoms with E-state index in [1.807, 2.05) is 19.1 Å². The number of thioether (sulfide) groups is 1. The van der Waals surface area contributed by atoms with Crippen LogP contribution in [0, 0.1) is 5.82 Å². The van der Waals surface area contributed by atoms with Crippen LogP contribution in [0.4, 0.5) is 10.1 Å². The van der Waals surface area contributed by atoms with E-state index >= 15 is 0 Å². The summed E-state index contributed by atoms with van der Waals surface area (Å²) in [6.07, 6.45) is 3.40. The summed E-state index contributed by atoms with van der Waals surface area (Å²) in [5.74, 6) is -0.460. The molecule has 2 atom stereocenters. The zero-order chi connectivity index (χ0) is 14.1. The molecule has 5 heteroatoms. The molecule has 0 spiro atoms. The summed E-state index contributed by atoms with van der Waals surface area (Å²) in [5, 5.41) is -0.428. The molecular formula is C15H13FN2OS. The lowest BCUT2D eigenvalue weighted by Gasteiger charge is -2.24. The van der Waals surface area contributed by atoms with E-state index in [-0.39, 0.29) is 22.3 Å². The fourth-order valence-corrected chi connectivity index (χ4v) is 3.52. The number of aromatic nitrogens is 1. The van der Waals surface area contributed by atoms with Crippen LogP contribution in [0.25, 0.3) is 0 Å². The molecule has 0 radical (unpaired) electrons. The Labute approximate surface area is 120 Å². The standard InChI is InChI=1S/C15H13FN2OS/c1-10-14(19)18(13-7-3-2-6-12(13)16)15(20-10)11-5-4-8-17-9-11/h2-10,15H,1H3. The summed E-state index contributed by atoms with van der Waals surface area (Å²) < 4.78 is 14.0. The van der Waals surface area contributed by atoms with Gasteiger partial charge < -0.3 is 0 Å². The highest BCUT2D eigenvalue weighted by molar-refractivity contribution is 8.01. The molecule has 1 aromatic heterocycles. The third-order valence-corrected chi connectivity index (χ3v) is 4.58. The molecule has 1 aliphatic heterocycles. The number of pyridine rings is 1. The maximum atomic E-state index is 14.0. The van der Waals surface area contributed by atoms with E-state index in [1.165, 1.54) is 22.7 Å². The van der Waals surface area contributed by atoms with Gasteiger partial charge in [-0.15, -0.1) is 11.8 Å². The van der Waals surface area contributed by atoms with Crippen LogP contribution in [0.1, 0.15) is 17.9 Å². The Balaban J connectivity index is 2.06. The number of halogens is 1. The Bertz CT molecular complexity index is 635. The summed E-state index contributed by atoms with van der Waals surface area (Å²) >= 11 is 1.51. The first-order chi connectivity index (χ1) is 9.68. The summed E-state index contributed by atoms with van der Waals surface area (Å²) in [6, 6.07) is 10.1. The molecule has 2 aromatic rings. The number of para-hydroxylation sites is 1. The lowest BCUT2D eigenvalue weighted by atomic mass is 10.2. The molecule has 1 amide bonds. The van der Waals surface area contributed by atoms with Crippen molar-refractivity contribution in [3.05, 3.63) is 60.2 Å². The maximum Gasteiger partial charge on any atom is 0.241 e. The van der Waals surface area contributed by atoms with Crippen LogP contribution in [0.3, 0.4) is 0 Å². The molecular weight excluding hydrogens is 275 g/mol. The van der Waals surface area contributed by atoms with Gasteiger partial charge >= 0.3 is 0 Å². The third kappa shape index (κ3) is 2.18. The minimum atomic E-state index is -0.385. The van der Waals surface area contributed by atoms with Gasteiger partial charge in [0, 0.05) is 18.0 Å². The topological polar surface area (TPSA) is 33.2 Å². The monoisotopic (exact) mass is 288 g/mol. The number of carbonyl (C=O) groups is 1. The average Bonchev–Trinajstić information content (AvgIpc) is 2.77. The van der Waals surface area contributed by atoms with Gasteiger partial charge in [0.15, 0.2) is 0 Å². The van der Waals surface area contributed by atoms with E-state index in [4.69, 9.17) is 0 Å². The first-order valence-corrected chi connectivity index (χ1v) is 7.26. The zero-order valence-electron chi connectivity index (χ0n) is 10.9. The first-order valence-electron chi connectivity index (χ1n) is 6.31. The SMILES string of the molecule is CC1SC(c2cccnc2)N(c2ccccc2F)C1=O. The normalized spacial score (nSPS) is 22.3. The van der Waals surface area contributed by atoms with Gasteiger partial charge in [0.1, 0.15) is 11.2 Å². The van der Waals surface area contributed by atoms with Gasteiger partial charge in [-0.3, -0.25) is 14.7 Å². The molecule has 0 bridgehead atoms. The van der Waals surface area contributed by atoms with Crippen LogP contribution in [0.2, 0.25) is 0 Å². The highest BCUT2D eigenvalue weighted by Crippen LogP contribution is 2.45. The zero-order valence-corrected chi connectivity index (χ0v) is 11.7. The van der Waals surface area contributed by atoms with E-state index in [9.17, 15) is 9.18 Å². The molecule has 1 fully saturated rings. The number of hydrogen-bond acceptors (Lipinski definition) is 3. The molecule has 2 heterocycles. The number of amides is 1. The van der Waals surface area contributed by atoms with Crippen LogP contribution in [-0.2, 0) is 4.79 Å². The lowest BCUT2D eigenvalue weighted by Crippen LogP contribution is -2.30. The van der Waals surface area contributed by atoms with Gasteiger partial charge in [0.25, 0.3) is 0 Å². The number of anilines is 1. The van der Waals surface area contributed by atoms with Crippen molar-refractivity contribution < 1.29 is 9.18 Å². The predicted octanol–water partition coefficient (Wildman–Crippen LogP) is 3.39. The van der Waals surface area contributed by atoms with Crippen molar-refractivity contribution in [3.8, 4) is 0 Å². The molecule has 3 rings (SSSR count). The van der Waals surface area contributed by atoms with Crippen molar-refractivity contribution in [3.63, 3.8) is 0 Å². The van der Waals surface area contributed by atoms with E-state index < -0.39 is 0 Å². The smallest absolute Gasteiger partial charge is 0.241 e. The van der Waals surface area contributed by atoms with Crippen LogP contribution in [0.15, 0.2) is 48.8 Å². The lowest BCUT2D eigenvalue weighted by molar-refractivity contribution is -0.117. The highest BCUT2D eigenvalue weighted by atomic mass is 32.2. The Morgan fingerprint density at radius 2 is 2.05 bits per heavy atom. The van der Waals surface area contributed by atoms with E-state index in [2.05, 4.69) is 4.98 Å². The van der Waals surface area contributed by atoms with Gasteiger partial charge in [0.2, 0.25) is 5.91 Å². The van der Waals surface area contributed by atoms with Gasteiger partial charge in [-0.1, -0.05) is 18.2 Å². The minimum Gasteiger partial charge on any atom is -0.292 e. The predicted molar refractivity (Wildman–Crippen MR) is 77.9 cm³/mol. The Hall–Kier alpha value is -1.88. The number of benzene rings is 1. The molecule has 0 saturated carbocycles. The highest BCUT2D eigenvalue weighted by Gasteiger charge is 2.40. The number of hydrogen-bond donors (Lipinski definition) is 0. The summed E-state index contributed by atoms with van der Waals surface area (Å²) in [5.41, 5.74) is 1.22. The van der Waals surface area contributed by atoms with E-state index in [0.29, 0.717) is 5.69 Å². The fourth-order valence-electron chi connectivity index (χ4n) is 2.27. The van der Waals surface area contributed by atoms with Crippen molar-refractivity contribution in [1.29, 1.82) is 0 Å². The van der Waals surface area contributed by atoms with Gasteiger partial charge in [-0.2, -0.15) is 0 Å². The molecule has 0 N–H and O–H groups in total. The molecule has 1 aromatic carbocycles. The second-order valence-corrected chi connectivity index (χ2v) is 6.00. The molecule has 3 nitrogen and oxygen atoms in total. The van der Waals surface area contributed by atoms with Crippen molar-refractivity contribution in [2.75, 3.05) is 4.90 Å². The molecule has 102 valence electrons. The first kappa shape index (κ1) is 13.1. The van der Waals surface area contributed by atoms with Crippen LogP contribution in [0.5, 0.6) is 0 Å². The van der Waals surface area contributed by atoms with Crippen LogP contribution >= 0.6 is 11.8 Å². The number of carbonyl (C=O) groups excluding carboxylic acids is 1. The molecule has 0 aliphatic carbocycles. The quantitative estimate of drug-likeness (QED) is 0.849. The fraction of sp³-hybridized carbons (Fsp3) is 0.200. The van der Waals surface area contributed by atoms with Gasteiger partial charge in [-0.25, -0.2) is 4.39 Å². The van der Waals surface area contributed by atoms with Crippen LogP contribution in [-0.4, -0.2) is 16.1 Å². The molecule has 20 heavy (non-hydrogen) atoms. The largest absolute Gasteiger partial charge is 0.292 e. The number of nitrogens with zero attached hydrogens (tertiary/aromatic N) is 2. The van der Waals surface area contributed by atoms with E-state index in [1.54, 1.807) is 30.6 Å². The molecule has 2 unspecified atom stereocenters. The van der Waals surface area contributed by atoms with Crippen molar-refractivity contribution >= 4 is 23.4 Å². The summed E-state index contributed by atoms with van der Waals surface area (Å²) in [7, 11) is 0. The molecule has 1 aliphatic rings. The second-order valence-electron chi connectivity index (χ2n) is 4.58. The third-order valence-electron chi connectivity index (χ3n) is 3.23. The Morgan fingerprint density at radius 1 is 1.25 bits per heavy atom. The van der Waals surface area contributed by atoms with Crippen molar-refractivity contribution in [2.24, 2.45) is 0 Å². The summed E-state index contributed by atoms with van der Waals surface area (Å²) in [6.45, 7) is 1.84. The number of rotatable bonds is 2. The Morgan fingerprint density at radius 3 is 2.75 bits per heavy atom. The van der Waals surface area contributed by atoms with Crippen LogP contribution < -0.4 is 4.90 Å².